The Morgan fingerprint density at radius 1 is 1.00 bits per heavy atom. The Kier molecular flexibility index (Phi) is 6.43. The van der Waals surface area contributed by atoms with E-state index in [4.69, 9.17) is 9.47 Å². The number of nitrogens with zero attached hydrogens (tertiary/aromatic N) is 1. The second kappa shape index (κ2) is 9.19. The van der Waals surface area contributed by atoms with E-state index < -0.39 is 28.3 Å². The Hall–Kier alpha value is -3.72. The lowest BCUT2D eigenvalue weighted by Gasteiger charge is -2.11. The second-order valence-corrected chi connectivity index (χ2v) is 8.22. The molecule has 0 bridgehead atoms. The number of ether oxygens (including phenoxy) is 2. The van der Waals surface area contributed by atoms with Crippen molar-refractivity contribution < 1.29 is 27.5 Å². The summed E-state index contributed by atoms with van der Waals surface area (Å²) in [7, 11) is -3.32. The number of nitrogens with one attached hydrogen (secondary N) is 1. The standard InChI is InChI=1S/C21H18N2O6S/c1-30(26,27)17-10-8-15(9-11-17)23-20(24)14-28-21(25)18-6-2-3-7-19(18)29-16-5-4-12-22-13-16/h2-13H,14H2,1H3,(H,23,24). The van der Waals surface area contributed by atoms with Crippen LogP contribution in [0.4, 0.5) is 5.69 Å². The van der Waals surface area contributed by atoms with Crippen molar-refractivity contribution in [1.29, 1.82) is 0 Å². The molecule has 0 unspecified atom stereocenters. The van der Waals surface area contributed by atoms with Gasteiger partial charge in [0.2, 0.25) is 0 Å². The summed E-state index contributed by atoms with van der Waals surface area (Å²) < 4.78 is 33.7. The molecule has 0 aliphatic heterocycles. The van der Waals surface area contributed by atoms with Gasteiger partial charge in [0.1, 0.15) is 17.1 Å². The molecule has 0 fully saturated rings. The van der Waals surface area contributed by atoms with Gasteiger partial charge < -0.3 is 14.8 Å². The molecule has 1 amide bonds. The number of carbonyl (C=O) groups is 2. The van der Waals surface area contributed by atoms with Crippen molar-refractivity contribution in [3.05, 3.63) is 78.6 Å². The topological polar surface area (TPSA) is 112 Å². The molecule has 3 rings (SSSR count). The Morgan fingerprint density at radius 2 is 1.73 bits per heavy atom. The van der Waals surface area contributed by atoms with E-state index in [0.717, 1.165) is 6.26 Å². The highest BCUT2D eigenvalue weighted by Gasteiger charge is 2.16. The molecule has 1 aromatic heterocycles. The molecule has 0 radical (unpaired) electrons. The lowest BCUT2D eigenvalue weighted by Crippen LogP contribution is -2.21. The van der Waals surface area contributed by atoms with Gasteiger partial charge >= 0.3 is 5.97 Å². The third-order valence-corrected chi connectivity index (χ3v) is 5.00. The second-order valence-electron chi connectivity index (χ2n) is 6.21. The van der Waals surface area contributed by atoms with Gasteiger partial charge in [-0.2, -0.15) is 0 Å². The maximum atomic E-state index is 12.4. The molecule has 30 heavy (non-hydrogen) atoms. The summed E-state index contributed by atoms with van der Waals surface area (Å²) in [6.07, 6.45) is 4.20. The number of sulfone groups is 1. The Labute approximate surface area is 173 Å². The summed E-state index contributed by atoms with van der Waals surface area (Å²) in [5.74, 6) is -0.571. The summed E-state index contributed by atoms with van der Waals surface area (Å²) in [5.41, 5.74) is 0.537. The number of hydrogen-bond donors (Lipinski definition) is 1. The quantitative estimate of drug-likeness (QED) is 0.578. The van der Waals surface area contributed by atoms with Gasteiger partial charge in [-0.05, 0) is 48.5 Å². The van der Waals surface area contributed by atoms with Crippen molar-refractivity contribution in [2.24, 2.45) is 0 Å². The van der Waals surface area contributed by atoms with E-state index in [-0.39, 0.29) is 16.2 Å². The van der Waals surface area contributed by atoms with Gasteiger partial charge in [0.25, 0.3) is 5.91 Å². The first-order valence-corrected chi connectivity index (χ1v) is 10.7. The predicted molar refractivity (Wildman–Crippen MR) is 109 cm³/mol. The fourth-order valence-electron chi connectivity index (χ4n) is 2.45. The largest absolute Gasteiger partial charge is 0.455 e. The molecule has 1 heterocycles. The number of rotatable bonds is 7. The predicted octanol–water partition coefficient (Wildman–Crippen LogP) is 3.07. The molecule has 154 valence electrons. The normalized spacial score (nSPS) is 10.8. The van der Waals surface area contributed by atoms with E-state index in [2.05, 4.69) is 10.3 Å². The maximum absolute atomic E-state index is 12.4. The first-order chi connectivity index (χ1) is 14.3. The molecule has 2 aromatic carbocycles. The summed E-state index contributed by atoms with van der Waals surface area (Å²) in [4.78, 5) is 28.5. The number of amides is 1. The lowest BCUT2D eigenvalue weighted by atomic mass is 10.2. The van der Waals surface area contributed by atoms with Gasteiger partial charge in [-0.15, -0.1) is 0 Å². The Morgan fingerprint density at radius 3 is 2.40 bits per heavy atom. The summed E-state index contributed by atoms with van der Waals surface area (Å²) in [6.45, 7) is -0.520. The van der Waals surface area contributed by atoms with E-state index in [1.165, 1.54) is 36.5 Å². The zero-order valence-corrected chi connectivity index (χ0v) is 16.8. The van der Waals surface area contributed by atoms with Crippen LogP contribution >= 0.6 is 0 Å². The van der Waals surface area contributed by atoms with Crippen molar-refractivity contribution in [1.82, 2.24) is 4.98 Å². The van der Waals surface area contributed by atoms with Gasteiger partial charge in [-0.1, -0.05) is 12.1 Å². The van der Waals surface area contributed by atoms with Crippen molar-refractivity contribution in [3.8, 4) is 11.5 Å². The van der Waals surface area contributed by atoms with Gasteiger partial charge in [0.15, 0.2) is 16.4 Å². The average molecular weight is 426 g/mol. The molecule has 0 saturated heterocycles. The minimum atomic E-state index is -3.32. The van der Waals surface area contributed by atoms with Crippen molar-refractivity contribution in [3.63, 3.8) is 0 Å². The van der Waals surface area contributed by atoms with Crippen molar-refractivity contribution in [2.45, 2.75) is 4.90 Å². The van der Waals surface area contributed by atoms with Gasteiger partial charge in [0.05, 0.1) is 11.1 Å². The zero-order valence-electron chi connectivity index (χ0n) is 15.9. The van der Waals surface area contributed by atoms with Gasteiger partial charge in [0, 0.05) is 18.1 Å². The minimum absolute atomic E-state index is 0.136. The average Bonchev–Trinajstić information content (AvgIpc) is 2.73. The smallest absolute Gasteiger partial charge is 0.342 e. The fraction of sp³-hybridized carbons (Fsp3) is 0.0952. The molecule has 9 heteroatoms. The van der Waals surface area contributed by atoms with Crippen LogP contribution in [0.5, 0.6) is 11.5 Å². The number of carbonyl (C=O) groups excluding carboxylic acids is 2. The lowest BCUT2D eigenvalue weighted by molar-refractivity contribution is -0.119. The van der Waals surface area contributed by atoms with E-state index in [9.17, 15) is 18.0 Å². The van der Waals surface area contributed by atoms with Crippen molar-refractivity contribution >= 4 is 27.4 Å². The van der Waals surface area contributed by atoms with Crippen LogP contribution in [0.25, 0.3) is 0 Å². The Bertz CT molecular complexity index is 1150. The number of hydrogen-bond acceptors (Lipinski definition) is 7. The van der Waals surface area contributed by atoms with Crippen LogP contribution in [0.3, 0.4) is 0 Å². The van der Waals surface area contributed by atoms with Crippen LogP contribution in [0.1, 0.15) is 10.4 Å². The maximum Gasteiger partial charge on any atom is 0.342 e. The first-order valence-electron chi connectivity index (χ1n) is 8.77. The van der Waals surface area contributed by atoms with E-state index in [1.54, 1.807) is 36.5 Å². The van der Waals surface area contributed by atoms with Gasteiger partial charge in [-0.25, -0.2) is 13.2 Å². The third-order valence-electron chi connectivity index (χ3n) is 3.87. The number of esters is 1. The van der Waals surface area contributed by atoms with Crippen LogP contribution in [-0.4, -0.2) is 38.1 Å². The van der Waals surface area contributed by atoms with E-state index in [1.807, 2.05) is 0 Å². The minimum Gasteiger partial charge on any atom is -0.455 e. The van der Waals surface area contributed by atoms with Crippen molar-refractivity contribution in [2.75, 3.05) is 18.2 Å². The molecule has 1 N–H and O–H groups in total. The van der Waals surface area contributed by atoms with Crippen LogP contribution in [0.2, 0.25) is 0 Å². The SMILES string of the molecule is CS(=O)(=O)c1ccc(NC(=O)COC(=O)c2ccccc2Oc2cccnc2)cc1. The van der Waals surface area contributed by atoms with E-state index >= 15 is 0 Å². The number of aromatic nitrogens is 1. The number of benzene rings is 2. The summed E-state index contributed by atoms with van der Waals surface area (Å²) in [5, 5.41) is 2.53. The number of anilines is 1. The molecule has 8 nitrogen and oxygen atoms in total. The number of pyridine rings is 1. The van der Waals surface area contributed by atoms with Crippen LogP contribution in [-0.2, 0) is 19.4 Å². The molecular formula is C21H18N2O6S. The van der Waals surface area contributed by atoms with Crippen LogP contribution in [0.15, 0.2) is 78.0 Å². The molecule has 3 aromatic rings. The molecule has 0 spiro atoms. The highest BCUT2D eigenvalue weighted by Crippen LogP contribution is 2.25. The van der Waals surface area contributed by atoms with Crippen LogP contribution in [0, 0.1) is 0 Å². The fourth-order valence-corrected chi connectivity index (χ4v) is 3.08. The molecule has 0 aliphatic rings. The molecule has 0 saturated carbocycles. The summed E-state index contributed by atoms with van der Waals surface area (Å²) >= 11 is 0. The first kappa shape index (κ1) is 21.0. The van der Waals surface area contributed by atoms with E-state index in [0.29, 0.717) is 11.4 Å². The zero-order chi connectivity index (χ0) is 21.6. The monoisotopic (exact) mass is 426 g/mol. The summed E-state index contributed by atoms with van der Waals surface area (Å²) in [6, 6.07) is 15.5. The van der Waals surface area contributed by atoms with Gasteiger partial charge in [-0.3, -0.25) is 9.78 Å². The number of para-hydroxylation sites is 1. The highest BCUT2D eigenvalue weighted by atomic mass is 32.2. The third kappa shape index (κ3) is 5.65. The molecule has 0 aliphatic carbocycles. The molecule has 0 atom stereocenters. The Balaban J connectivity index is 1.60. The molecular weight excluding hydrogens is 408 g/mol. The van der Waals surface area contributed by atoms with Crippen LogP contribution < -0.4 is 10.1 Å². The highest BCUT2D eigenvalue weighted by molar-refractivity contribution is 7.90.